The summed E-state index contributed by atoms with van der Waals surface area (Å²) in [5.41, 5.74) is 0.831. The van der Waals surface area contributed by atoms with Gasteiger partial charge >= 0.3 is 0 Å². The Hall–Kier alpha value is -0.730. The fourth-order valence-corrected chi connectivity index (χ4v) is 1.75. The van der Waals surface area contributed by atoms with Crippen LogP contribution in [0.3, 0.4) is 0 Å². The molecule has 0 radical (unpaired) electrons. The highest BCUT2D eigenvalue weighted by atomic mass is 35.5. The molecule has 0 heterocycles. The number of carbonyl (C=O) groups excluding carboxylic acids is 1. The van der Waals surface area contributed by atoms with Gasteiger partial charge in [0, 0.05) is 12.0 Å². The maximum absolute atomic E-state index is 11.6. The molecule has 0 aliphatic carbocycles. The summed E-state index contributed by atoms with van der Waals surface area (Å²) in [4.78, 5) is 11.6. The Morgan fingerprint density at radius 2 is 1.88 bits per heavy atom. The van der Waals surface area contributed by atoms with E-state index in [1.807, 2.05) is 26.8 Å². The van der Waals surface area contributed by atoms with Crippen LogP contribution in [0.2, 0.25) is 10.0 Å². The molecule has 2 nitrogen and oxygen atoms in total. The number of halogens is 2. The minimum atomic E-state index is -0.186. The van der Waals surface area contributed by atoms with Crippen LogP contribution in [0.15, 0.2) is 18.2 Å². The molecule has 0 fully saturated rings. The molecule has 1 amide bonds. The standard InChI is InChI=1S/C13H17Cl2NO/c1-13(2,3)16-12(17)7-5-9-4-6-10(14)11(15)8-9/h4,6,8H,5,7H2,1-3H3,(H,16,17). The first kappa shape index (κ1) is 14.3. The fourth-order valence-electron chi connectivity index (χ4n) is 1.43. The van der Waals surface area contributed by atoms with Gasteiger partial charge in [0.15, 0.2) is 0 Å². The zero-order valence-corrected chi connectivity index (χ0v) is 11.8. The maximum Gasteiger partial charge on any atom is 0.220 e. The van der Waals surface area contributed by atoms with E-state index in [0.29, 0.717) is 22.9 Å². The van der Waals surface area contributed by atoms with E-state index in [1.54, 1.807) is 12.1 Å². The van der Waals surface area contributed by atoms with Gasteiger partial charge in [-0.1, -0.05) is 29.3 Å². The minimum absolute atomic E-state index is 0.0450. The highest BCUT2D eigenvalue weighted by Crippen LogP contribution is 2.23. The Balaban J connectivity index is 2.50. The molecule has 1 N–H and O–H groups in total. The molecule has 0 aliphatic rings. The molecule has 0 unspecified atom stereocenters. The van der Waals surface area contributed by atoms with E-state index in [2.05, 4.69) is 5.32 Å². The molecule has 0 atom stereocenters. The van der Waals surface area contributed by atoms with E-state index >= 15 is 0 Å². The van der Waals surface area contributed by atoms with Crippen molar-refractivity contribution in [2.75, 3.05) is 0 Å². The lowest BCUT2D eigenvalue weighted by molar-refractivity contribution is -0.122. The largest absolute Gasteiger partial charge is 0.351 e. The number of aryl methyl sites for hydroxylation is 1. The Morgan fingerprint density at radius 3 is 2.41 bits per heavy atom. The number of benzene rings is 1. The quantitative estimate of drug-likeness (QED) is 0.891. The normalized spacial score (nSPS) is 11.4. The summed E-state index contributed by atoms with van der Waals surface area (Å²) in [6.07, 6.45) is 1.12. The van der Waals surface area contributed by atoms with Crippen molar-refractivity contribution in [3.8, 4) is 0 Å². The lowest BCUT2D eigenvalue weighted by Crippen LogP contribution is -2.40. The lowest BCUT2D eigenvalue weighted by atomic mass is 10.1. The van der Waals surface area contributed by atoms with E-state index in [4.69, 9.17) is 23.2 Å². The zero-order valence-electron chi connectivity index (χ0n) is 10.3. The van der Waals surface area contributed by atoms with Crippen molar-refractivity contribution >= 4 is 29.1 Å². The molecule has 1 rings (SSSR count). The molecular formula is C13H17Cl2NO. The van der Waals surface area contributed by atoms with Gasteiger partial charge in [-0.25, -0.2) is 0 Å². The van der Waals surface area contributed by atoms with Crippen molar-refractivity contribution in [1.29, 1.82) is 0 Å². The van der Waals surface area contributed by atoms with Crippen molar-refractivity contribution < 1.29 is 4.79 Å². The van der Waals surface area contributed by atoms with Gasteiger partial charge in [0.1, 0.15) is 0 Å². The van der Waals surface area contributed by atoms with Crippen molar-refractivity contribution in [3.63, 3.8) is 0 Å². The van der Waals surface area contributed by atoms with Crippen LogP contribution >= 0.6 is 23.2 Å². The fraction of sp³-hybridized carbons (Fsp3) is 0.462. The van der Waals surface area contributed by atoms with Crippen molar-refractivity contribution in [3.05, 3.63) is 33.8 Å². The van der Waals surface area contributed by atoms with Gasteiger partial charge in [-0.15, -0.1) is 0 Å². The molecule has 4 heteroatoms. The van der Waals surface area contributed by atoms with Gasteiger partial charge in [-0.2, -0.15) is 0 Å². The van der Waals surface area contributed by atoms with E-state index in [9.17, 15) is 4.79 Å². The first-order chi connectivity index (χ1) is 7.78. The first-order valence-corrected chi connectivity index (χ1v) is 6.28. The molecule has 0 spiro atoms. The van der Waals surface area contributed by atoms with Crippen LogP contribution in [-0.2, 0) is 11.2 Å². The third-order valence-electron chi connectivity index (χ3n) is 2.14. The summed E-state index contributed by atoms with van der Waals surface area (Å²) in [5.74, 6) is 0.0450. The molecule has 17 heavy (non-hydrogen) atoms. The highest BCUT2D eigenvalue weighted by Gasteiger charge is 2.13. The molecule has 0 bridgehead atoms. The van der Waals surface area contributed by atoms with Crippen LogP contribution in [0.5, 0.6) is 0 Å². The van der Waals surface area contributed by atoms with Gasteiger partial charge in [0.2, 0.25) is 5.91 Å². The Kier molecular flexibility index (Phi) is 4.84. The van der Waals surface area contributed by atoms with Crippen LogP contribution in [0.25, 0.3) is 0 Å². The summed E-state index contributed by atoms with van der Waals surface area (Å²) in [5, 5.41) is 3.98. The summed E-state index contributed by atoms with van der Waals surface area (Å²) >= 11 is 11.7. The van der Waals surface area contributed by atoms with Crippen molar-refractivity contribution in [2.45, 2.75) is 39.2 Å². The average molecular weight is 274 g/mol. The lowest BCUT2D eigenvalue weighted by Gasteiger charge is -2.20. The Morgan fingerprint density at radius 1 is 1.24 bits per heavy atom. The molecular weight excluding hydrogens is 257 g/mol. The Bertz CT molecular complexity index is 410. The predicted molar refractivity (Wildman–Crippen MR) is 72.7 cm³/mol. The van der Waals surface area contributed by atoms with Gasteiger partial charge in [0.25, 0.3) is 0 Å². The first-order valence-electron chi connectivity index (χ1n) is 5.53. The number of amides is 1. The van der Waals surface area contributed by atoms with E-state index in [0.717, 1.165) is 5.56 Å². The molecule has 0 aliphatic heterocycles. The second-order valence-electron chi connectivity index (χ2n) is 5.05. The van der Waals surface area contributed by atoms with E-state index in [-0.39, 0.29) is 11.4 Å². The average Bonchev–Trinajstić information content (AvgIpc) is 2.17. The highest BCUT2D eigenvalue weighted by molar-refractivity contribution is 6.42. The summed E-state index contributed by atoms with van der Waals surface area (Å²) in [7, 11) is 0. The topological polar surface area (TPSA) is 29.1 Å². The molecule has 0 aromatic heterocycles. The number of carbonyl (C=O) groups is 1. The van der Waals surface area contributed by atoms with Crippen LogP contribution in [0.1, 0.15) is 32.8 Å². The second-order valence-corrected chi connectivity index (χ2v) is 5.86. The van der Waals surface area contributed by atoms with Gasteiger partial charge in [0.05, 0.1) is 10.0 Å². The number of hydrogen-bond donors (Lipinski definition) is 1. The van der Waals surface area contributed by atoms with Crippen LogP contribution in [0, 0.1) is 0 Å². The summed E-state index contributed by atoms with van der Waals surface area (Å²) < 4.78 is 0. The van der Waals surface area contributed by atoms with E-state index in [1.165, 1.54) is 0 Å². The number of nitrogens with one attached hydrogen (secondary N) is 1. The Labute approximate surface area is 112 Å². The molecule has 1 aromatic carbocycles. The minimum Gasteiger partial charge on any atom is -0.351 e. The van der Waals surface area contributed by atoms with E-state index < -0.39 is 0 Å². The molecule has 94 valence electrons. The predicted octanol–water partition coefficient (Wildman–Crippen LogP) is 3.84. The number of hydrogen-bond acceptors (Lipinski definition) is 1. The second kappa shape index (κ2) is 5.74. The molecule has 0 saturated heterocycles. The van der Waals surface area contributed by atoms with Crippen LogP contribution < -0.4 is 5.32 Å². The van der Waals surface area contributed by atoms with Crippen molar-refractivity contribution in [1.82, 2.24) is 5.32 Å². The third kappa shape index (κ3) is 5.42. The van der Waals surface area contributed by atoms with Crippen LogP contribution in [0.4, 0.5) is 0 Å². The smallest absolute Gasteiger partial charge is 0.220 e. The van der Waals surface area contributed by atoms with Gasteiger partial charge in [-0.05, 0) is 44.9 Å². The van der Waals surface area contributed by atoms with Gasteiger partial charge < -0.3 is 5.32 Å². The van der Waals surface area contributed by atoms with Crippen LogP contribution in [-0.4, -0.2) is 11.4 Å². The summed E-state index contributed by atoms with van der Waals surface area (Å²) in [6, 6.07) is 5.44. The maximum atomic E-state index is 11.6. The zero-order chi connectivity index (χ0) is 13.1. The molecule has 1 aromatic rings. The summed E-state index contributed by atoms with van der Waals surface area (Å²) in [6.45, 7) is 5.89. The van der Waals surface area contributed by atoms with Crippen molar-refractivity contribution in [2.24, 2.45) is 0 Å². The SMILES string of the molecule is CC(C)(C)NC(=O)CCc1ccc(Cl)c(Cl)c1. The van der Waals surface area contributed by atoms with Gasteiger partial charge in [-0.3, -0.25) is 4.79 Å². The monoisotopic (exact) mass is 273 g/mol. The number of rotatable bonds is 3. The third-order valence-corrected chi connectivity index (χ3v) is 2.88. The molecule has 0 saturated carbocycles.